The molecule has 0 bridgehead atoms. The number of piperidine rings is 1. The maximum absolute atomic E-state index is 12.9. The van der Waals surface area contributed by atoms with Crippen LogP contribution in [0.1, 0.15) is 59.1 Å². The number of carbonyl (C=O) groups is 2. The van der Waals surface area contributed by atoms with E-state index in [9.17, 15) is 9.59 Å². The molecule has 2 heterocycles. The van der Waals surface area contributed by atoms with Crippen molar-refractivity contribution in [2.24, 2.45) is 0 Å². The number of amides is 2. The first-order chi connectivity index (χ1) is 13.0. The molecule has 2 amide bonds. The van der Waals surface area contributed by atoms with Gasteiger partial charge < -0.3 is 10.2 Å². The second-order valence-corrected chi connectivity index (χ2v) is 7.31. The molecule has 0 saturated carbocycles. The summed E-state index contributed by atoms with van der Waals surface area (Å²) in [5, 5.41) is 3.45. The lowest BCUT2D eigenvalue weighted by Gasteiger charge is -2.35. The molecule has 5 nitrogen and oxygen atoms in total. The number of halogens is 1. The molecule has 1 fully saturated rings. The highest BCUT2D eigenvalue weighted by Gasteiger charge is 2.27. The summed E-state index contributed by atoms with van der Waals surface area (Å²) in [6.45, 7) is 4.72. The summed E-state index contributed by atoms with van der Waals surface area (Å²) < 4.78 is 0. The molecule has 142 valence electrons. The van der Waals surface area contributed by atoms with Gasteiger partial charge in [0, 0.05) is 23.3 Å². The average Bonchev–Trinajstić information content (AvgIpc) is 2.69. The maximum atomic E-state index is 12.9. The molecule has 1 aliphatic rings. The third-order valence-electron chi connectivity index (χ3n) is 5.00. The first-order valence-corrected chi connectivity index (χ1v) is 9.73. The van der Waals surface area contributed by atoms with Crippen molar-refractivity contribution in [1.29, 1.82) is 0 Å². The van der Waals surface area contributed by atoms with E-state index in [2.05, 4.69) is 17.2 Å². The monoisotopic (exact) mass is 385 g/mol. The fourth-order valence-electron chi connectivity index (χ4n) is 3.47. The Labute approximate surface area is 164 Å². The van der Waals surface area contributed by atoms with E-state index in [0.29, 0.717) is 16.4 Å². The van der Waals surface area contributed by atoms with Crippen LogP contribution in [0.4, 0.5) is 5.69 Å². The molecule has 3 rings (SSSR count). The Morgan fingerprint density at radius 2 is 2.00 bits per heavy atom. The molecule has 2 aromatic rings. The second-order valence-electron chi connectivity index (χ2n) is 6.88. The third kappa shape index (κ3) is 4.48. The first-order valence-electron chi connectivity index (χ1n) is 9.35. The van der Waals surface area contributed by atoms with Crippen molar-refractivity contribution >= 4 is 29.1 Å². The van der Waals surface area contributed by atoms with Crippen molar-refractivity contribution in [2.75, 3.05) is 11.9 Å². The van der Waals surface area contributed by atoms with Gasteiger partial charge >= 0.3 is 0 Å². The number of aryl methyl sites for hydroxylation is 1. The van der Waals surface area contributed by atoms with E-state index in [-0.39, 0.29) is 23.6 Å². The Kier molecular flexibility index (Phi) is 6.11. The van der Waals surface area contributed by atoms with Gasteiger partial charge in [-0.25, -0.2) is 4.98 Å². The molecule has 1 aromatic carbocycles. The summed E-state index contributed by atoms with van der Waals surface area (Å²) in [5.74, 6) is -0.445. The number of rotatable bonds is 4. The molecular formula is C21H24ClN3O2. The van der Waals surface area contributed by atoms with Gasteiger partial charge in [0.05, 0.1) is 0 Å². The molecule has 1 saturated heterocycles. The summed E-state index contributed by atoms with van der Waals surface area (Å²) in [4.78, 5) is 31.7. The smallest absolute Gasteiger partial charge is 0.274 e. The van der Waals surface area contributed by atoms with E-state index in [1.165, 1.54) is 0 Å². The number of carbonyl (C=O) groups excluding carboxylic acids is 2. The lowest BCUT2D eigenvalue weighted by Crippen LogP contribution is -2.43. The lowest BCUT2D eigenvalue weighted by molar-refractivity contribution is 0.0602. The highest BCUT2D eigenvalue weighted by molar-refractivity contribution is 6.30. The topological polar surface area (TPSA) is 62.3 Å². The van der Waals surface area contributed by atoms with E-state index < -0.39 is 0 Å². The van der Waals surface area contributed by atoms with E-state index in [1.807, 2.05) is 11.8 Å². The predicted molar refractivity (Wildman–Crippen MR) is 107 cm³/mol. The van der Waals surface area contributed by atoms with Crippen molar-refractivity contribution in [3.8, 4) is 0 Å². The molecule has 1 N–H and O–H groups in total. The van der Waals surface area contributed by atoms with Crippen LogP contribution in [0.2, 0.25) is 5.02 Å². The molecule has 1 unspecified atom stereocenters. The Morgan fingerprint density at radius 1 is 1.22 bits per heavy atom. The van der Waals surface area contributed by atoms with Gasteiger partial charge in [-0.2, -0.15) is 0 Å². The van der Waals surface area contributed by atoms with Gasteiger partial charge in [0.25, 0.3) is 11.8 Å². The van der Waals surface area contributed by atoms with Crippen LogP contribution in [0, 0.1) is 6.92 Å². The zero-order valence-electron chi connectivity index (χ0n) is 15.7. The average molecular weight is 386 g/mol. The number of pyridine rings is 1. The van der Waals surface area contributed by atoms with Crippen LogP contribution in [0.3, 0.4) is 0 Å². The van der Waals surface area contributed by atoms with Gasteiger partial charge in [0.2, 0.25) is 0 Å². The third-order valence-corrected chi connectivity index (χ3v) is 5.23. The number of likely N-dealkylation sites (tertiary alicyclic amines) is 1. The largest absolute Gasteiger partial charge is 0.334 e. The molecule has 0 radical (unpaired) electrons. The number of nitrogens with zero attached hydrogens (tertiary/aromatic N) is 2. The highest BCUT2D eigenvalue weighted by atomic mass is 35.5. The zero-order valence-corrected chi connectivity index (χ0v) is 16.4. The zero-order chi connectivity index (χ0) is 19.4. The highest BCUT2D eigenvalue weighted by Crippen LogP contribution is 2.22. The summed E-state index contributed by atoms with van der Waals surface area (Å²) in [6, 6.07) is 10.5. The van der Waals surface area contributed by atoms with E-state index in [0.717, 1.165) is 37.8 Å². The summed E-state index contributed by atoms with van der Waals surface area (Å²) in [6.07, 6.45) is 4.12. The lowest BCUT2D eigenvalue weighted by atomic mass is 9.99. The normalized spacial score (nSPS) is 16.9. The quantitative estimate of drug-likeness (QED) is 0.829. The van der Waals surface area contributed by atoms with Crippen LogP contribution in [0.5, 0.6) is 0 Å². The summed E-state index contributed by atoms with van der Waals surface area (Å²) >= 11 is 5.96. The molecular weight excluding hydrogens is 362 g/mol. The minimum Gasteiger partial charge on any atom is -0.334 e. The molecule has 0 spiro atoms. The fourth-order valence-corrected chi connectivity index (χ4v) is 3.70. The standard InChI is InChI=1S/C21H24ClN3O2/c1-3-16-7-4-5-12-25(16)21(27)19-9-6-8-18(23-19)20(26)24-17-11-10-15(22)13-14(17)2/h6,8-11,13,16H,3-5,7,12H2,1-2H3,(H,24,26). The van der Waals surface area contributed by atoms with Crippen LogP contribution in [-0.2, 0) is 0 Å². The van der Waals surface area contributed by atoms with Crippen molar-refractivity contribution in [1.82, 2.24) is 9.88 Å². The van der Waals surface area contributed by atoms with Crippen LogP contribution < -0.4 is 5.32 Å². The molecule has 0 aliphatic carbocycles. The van der Waals surface area contributed by atoms with Crippen molar-refractivity contribution in [3.63, 3.8) is 0 Å². The first kappa shape index (κ1) is 19.4. The number of benzene rings is 1. The molecule has 1 aliphatic heterocycles. The second kappa shape index (κ2) is 8.53. The van der Waals surface area contributed by atoms with E-state index in [4.69, 9.17) is 11.6 Å². The van der Waals surface area contributed by atoms with Crippen molar-refractivity contribution < 1.29 is 9.59 Å². The Bertz CT molecular complexity index is 853. The summed E-state index contributed by atoms with van der Waals surface area (Å²) in [5.41, 5.74) is 2.07. The number of hydrogen-bond donors (Lipinski definition) is 1. The predicted octanol–water partition coefficient (Wildman–Crippen LogP) is 4.70. The Balaban J connectivity index is 1.78. The van der Waals surface area contributed by atoms with Gasteiger partial charge in [-0.3, -0.25) is 9.59 Å². The van der Waals surface area contributed by atoms with Crippen molar-refractivity contribution in [2.45, 2.75) is 45.6 Å². The molecule has 6 heteroatoms. The van der Waals surface area contributed by atoms with Crippen LogP contribution >= 0.6 is 11.6 Å². The van der Waals surface area contributed by atoms with Crippen LogP contribution in [-0.4, -0.2) is 34.3 Å². The van der Waals surface area contributed by atoms with Crippen molar-refractivity contribution in [3.05, 3.63) is 58.4 Å². The SMILES string of the molecule is CCC1CCCCN1C(=O)c1cccc(C(=O)Nc2ccc(Cl)cc2C)n1. The van der Waals surface area contributed by atoms with Crippen LogP contribution in [0.25, 0.3) is 0 Å². The van der Waals surface area contributed by atoms with E-state index >= 15 is 0 Å². The molecule has 27 heavy (non-hydrogen) atoms. The Hall–Kier alpha value is -2.40. The van der Waals surface area contributed by atoms with Crippen LogP contribution in [0.15, 0.2) is 36.4 Å². The van der Waals surface area contributed by atoms with Gasteiger partial charge in [-0.15, -0.1) is 0 Å². The van der Waals surface area contributed by atoms with Gasteiger partial charge in [-0.05, 0) is 68.5 Å². The van der Waals surface area contributed by atoms with E-state index in [1.54, 1.807) is 36.4 Å². The Morgan fingerprint density at radius 3 is 2.74 bits per heavy atom. The van der Waals surface area contributed by atoms with Gasteiger partial charge in [0.15, 0.2) is 0 Å². The summed E-state index contributed by atoms with van der Waals surface area (Å²) in [7, 11) is 0. The number of hydrogen-bond acceptors (Lipinski definition) is 3. The minimum atomic E-state index is -0.347. The number of nitrogens with one attached hydrogen (secondary N) is 1. The minimum absolute atomic E-state index is 0.0983. The molecule has 1 atom stereocenters. The maximum Gasteiger partial charge on any atom is 0.274 e. The van der Waals surface area contributed by atoms with Gasteiger partial charge in [-0.1, -0.05) is 24.6 Å². The molecule has 1 aromatic heterocycles. The fraction of sp³-hybridized carbons (Fsp3) is 0.381. The number of aromatic nitrogens is 1. The number of anilines is 1. The van der Waals surface area contributed by atoms with Gasteiger partial charge in [0.1, 0.15) is 11.4 Å².